The monoisotopic (exact) mass is 212 g/mol. The van der Waals surface area contributed by atoms with Crippen molar-refractivity contribution in [3.63, 3.8) is 0 Å². The molecule has 15 heavy (non-hydrogen) atoms. The molecule has 2 nitrogen and oxygen atoms in total. The van der Waals surface area contributed by atoms with Crippen LogP contribution in [0.1, 0.15) is 18.9 Å². The maximum absolute atomic E-state index is 13.2. The Balaban J connectivity index is 2.37. The van der Waals surface area contributed by atoms with Gasteiger partial charge in [-0.2, -0.15) is 0 Å². The van der Waals surface area contributed by atoms with Crippen LogP contribution in [0.5, 0.6) is 0 Å². The summed E-state index contributed by atoms with van der Waals surface area (Å²) in [5.41, 5.74) is 0.532. The summed E-state index contributed by atoms with van der Waals surface area (Å²) in [5, 5.41) is 9.56. The minimum Gasteiger partial charge on any atom is -0.390 e. The molecule has 0 radical (unpaired) electrons. The molecule has 0 aliphatic carbocycles. The van der Waals surface area contributed by atoms with Gasteiger partial charge < -0.3 is 9.84 Å². The van der Waals surface area contributed by atoms with Crippen molar-refractivity contribution in [3.05, 3.63) is 35.6 Å². The van der Waals surface area contributed by atoms with Crippen molar-refractivity contribution in [1.29, 1.82) is 0 Å². The highest BCUT2D eigenvalue weighted by molar-refractivity contribution is 5.17. The molecule has 1 N–H and O–H groups in total. The summed E-state index contributed by atoms with van der Waals surface area (Å²) in [7, 11) is 0. The smallest absolute Gasteiger partial charge is 0.126 e. The highest BCUT2D eigenvalue weighted by Crippen LogP contribution is 2.09. The molecule has 0 saturated carbocycles. The third-order valence-corrected chi connectivity index (χ3v) is 2.07. The molecule has 1 atom stereocenters. The first kappa shape index (κ1) is 12.1. The van der Waals surface area contributed by atoms with E-state index in [0.717, 1.165) is 6.42 Å². The molecule has 0 spiro atoms. The molecule has 1 aromatic rings. The van der Waals surface area contributed by atoms with Crippen molar-refractivity contribution in [2.24, 2.45) is 0 Å². The van der Waals surface area contributed by atoms with Crippen LogP contribution >= 0.6 is 0 Å². The van der Waals surface area contributed by atoms with Crippen LogP contribution in [0.2, 0.25) is 0 Å². The van der Waals surface area contributed by atoms with Crippen LogP contribution in [-0.2, 0) is 11.2 Å². The van der Waals surface area contributed by atoms with Gasteiger partial charge in [0.05, 0.1) is 12.7 Å². The molecule has 1 unspecified atom stereocenters. The van der Waals surface area contributed by atoms with Crippen LogP contribution in [0.4, 0.5) is 4.39 Å². The number of ether oxygens (including phenoxy) is 1. The minimum atomic E-state index is -0.631. The fourth-order valence-electron chi connectivity index (χ4n) is 1.34. The van der Waals surface area contributed by atoms with Crippen LogP contribution in [0, 0.1) is 5.82 Å². The molecule has 3 heteroatoms. The Morgan fingerprint density at radius 3 is 2.80 bits per heavy atom. The summed E-state index contributed by atoms with van der Waals surface area (Å²) in [5.74, 6) is -0.271. The molecule has 0 bridgehead atoms. The number of aliphatic hydroxyl groups is 1. The maximum Gasteiger partial charge on any atom is 0.126 e. The number of benzene rings is 1. The number of hydrogen-bond donors (Lipinski definition) is 1. The minimum absolute atomic E-state index is 0.266. The average Bonchev–Trinajstić information content (AvgIpc) is 2.22. The van der Waals surface area contributed by atoms with E-state index in [1.807, 2.05) is 6.92 Å². The number of aliphatic hydroxyl groups excluding tert-OH is 1. The van der Waals surface area contributed by atoms with Gasteiger partial charge in [-0.3, -0.25) is 0 Å². The van der Waals surface area contributed by atoms with Gasteiger partial charge in [0.1, 0.15) is 5.82 Å². The van der Waals surface area contributed by atoms with Gasteiger partial charge in [0.2, 0.25) is 0 Å². The van der Waals surface area contributed by atoms with Crippen molar-refractivity contribution in [1.82, 2.24) is 0 Å². The predicted octanol–water partition coefficient (Wildman–Crippen LogP) is 2.16. The van der Waals surface area contributed by atoms with Gasteiger partial charge in [-0.25, -0.2) is 4.39 Å². The lowest BCUT2D eigenvalue weighted by molar-refractivity contribution is 0.0370. The fraction of sp³-hybridized carbons (Fsp3) is 0.500. The van der Waals surface area contributed by atoms with Crippen molar-refractivity contribution in [3.8, 4) is 0 Å². The van der Waals surface area contributed by atoms with Gasteiger partial charge in [-0.15, -0.1) is 0 Å². The quantitative estimate of drug-likeness (QED) is 0.732. The first-order chi connectivity index (χ1) is 7.24. The standard InChI is InChI=1S/C12H17FO2/c1-2-7-15-9-11(14)8-10-5-3-4-6-12(10)13/h3-6,11,14H,2,7-9H2,1H3. The largest absolute Gasteiger partial charge is 0.390 e. The van der Waals surface area contributed by atoms with E-state index in [4.69, 9.17) is 4.74 Å². The zero-order valence-electron chi connectivity index (χ0n) is 8.95. The molecule has 0 aliphatic heterocycles. The van der Waals surface area contributed by atoms with Gasteiger partial charge in [0, 0.05) is 13.0 Å². The summed E-state index contributed by atoms with van der Waals surface area (Å²) < 4.78 is 18.4. The highest BCUT2D eigenvalue weighted by atomic mass is 19.1. The molecule has 0 amide bonds. The van der Waals surface area contributed by atoms with E-state index in [0.29, 0.717) is 18.6 Å². The zero-order valence-corrected chi connectivity index (χ0v) is 8.95. The molecular formula is C12H17FO2. The molecular weight excluding hydrogens is 195 g/mol. The number of rotatable bonds is 6. The first-order valence-electron chi connectivity index (χ1n) is 5.23. The third-order valence-electron chi connectivity index (χ3n) is 2.07. The second-order valence-electron chi connectivity index (χ2n) is 3.52. The molecule has 0 aromatic heterocycles. The molecule has 0 heterocycles. The molecule has 0 aliphatic rings. The Morgan fingerprint density at radius 1 is 1.40 bits per heavy atom. The zero-order chi connectivity index (χ0) is 11.1. The molecule has 1 aromatic carbocycles. The lowest BCUT2D eigenvalue weighted by atomic mass is 10.1. The second-order valence-corrected chi connectivity index (χ2v) is 3.52. The Labute approximate surface area is 89.7 Å². The number of halogens is 1. The van der Waals surface area contributed by atoms with E-state index in [9.17, 15) is 9.50 Å². The van der Waals surface area contributed by atoms with E-state index in [1.165, 1.54) is 6.07 Å². The average molecular weight is 212 g/mol. The summed E-state index contributed by atoms with van der Waals surface area (Å²) in [6, 6.07) is 6.48. The van der Waals surface area contributed by atoms with Crippen LogP contribution in [-0.4, -0.2) is 24.4 Å². The topological polar surface area (TPSA) is 29.5 Å². The highest BCUT2D eigenvalue weighted by Gasteiger charge is 2.08. The Bertz CT molecular complexity index is 289. The Morgan fingerprint density at radius 2 is 2.13 bits per heavy atom. The van der Waals surface area contributed by atoms with Crippen LogP contribution in [0.25, 0.3) is 0 Å². The van der Waals surface area contributed by atoms with E-state index in [2.05, 4.69) is 0 Å². The first-order valence-corrected chi connectivity index (χ1v) is 5.23. The van der Waals surface area contributed by atoms with Crippen molar-refractivity contribution in [2.75, 3.05) is 13.2 Å². The summed E-state index contributed by atoms with van der Waals surface area (Å²) in [4.78, 5) is 0. The van der Waals surface area contributed by atoms with Crippen LogP contribution < -0.4 is 0 Å². The Hall–Kier alpha value is -0.930. The van der Waals surface area contributed by atoms with Crippen molar-refractivity contribution < 1.29 is 14.2 Å². The normalized spacial score (nSPS) is 12.7. The SMILES string of the molecule is CCCOCC(O)Cc1ccccc1F. The van der Waals surface area contributed by atoms with Crippen molar-refractivity contribution >= 4 is 0 Å². The lowest BCUT2D eigenvalue weighted by Crippen LogP contribution is -2.19. The van der Waals surface area contributed by atoms with Gasteiger partial charge in [-0.1, -0.05) is 25.1 Å². The summed E-state index contributed by atoms with van der Waals surface area (Å²) in [6.07, 6.45) is 0.594. The van der Waals surface area contributed by atoms with Gasteiger partial charge in [0.25, 0.3) is 0 Å². The van der Waals surface area contributed by atoms with Crippen molar-refractivity contribution in [2.45, 2.75) is 25.9 Å². The molecule has 84 valence electrons. The second kappa shape index (κ2) is 6.53. The van der Waals surface area contributed by atoms with E-state index < -0.39 is 6.10 Å². The van der Waals surface area contributed by atoms with Crippen LogP contribution in [0.15, 0.2) is 24.3 Å². The van der Waals surface area contributed by atoms with Gasteiger partial charge in [0.15, 0.2) is 0 Å². The van der Waals surface area contributed by atoms with Gasteiger partial charge in [-0.05, 0) is 18.1 Å². The van der Waals surface area contributed by atoms with E-state index in [1.54, 1.807) is 18.2 Å². The molecule has 1 rings (SSSR count). The molecule has 0 fully saturated rings. The molecule has 0 saturated heterocycles. The van der Waals surface area contributed by atoms with E-state index >= 15 is 0 Å². The predicted molar refractivity (Wildman–Crippen MR) is 57.2 cm³/mol. The van der Waals surface area contributed by atoms with E-state index in [-0.39, 0.29) is 12.4 Å². The summed E-state index contributed by atoms with van der Waals surface area (Å²) in [6.45, 7) is 2.90. The third kappa shape index (κ3) is 4.40. The summed E-state index contributed by atoms with van der Waals surface area (Å²) >= 11 is 0. The Kier molecular flexibility index (Phi) is 5.29. The lowest BCUT2D eigenvalue weighted by Gasteiger charge is -2.11. The van der Waals surface area contributed by atoms with Gasteiger partial charge >= 0.3 is 0 Å². The number of hydrogen-bond acceptors (Lipinski definition) is 2. The maximum atomic E-state index is 13.2. The van der Waals surface area contributed by atoms with Crippen LogP contribution in [0.3, 0.4) is 0 Å². The fourth-order valence-corrected chi connectivity index (χ4v) is 1.34.